The Morgan fingerprint density at radius 2 is 1.67 bits per heavy atom. The van der Waals surface area contributed by atoms with E-state index in [-0.39, 0.29) is 0 Å². The molecule has 1 unspecified atom stereocenters. The van der Waals surface area contributed by atoms with E-state index in [0.29, 0.717) is 0 Å². The van der Waals surface area contributed by atoms with Gasteiger partial charge in [-0.3, -0.25) is 0 Å². The van der Waals surface area contributed by atoms with Crippen LogP contribution in [-0.4, -0.2) is 35.4 Å². The molecule has 0 saturated heterocycles. The Bertz CT molecular complexity index is 407. The summed E-state index contributed by atoms with van der Waals surface area (Å²) in [6.45, 7) is 0. The molecule has 1 aliphatic rings. The predicted molar refractivity (Wildman–Crippen MR) is 46.9 cm³/mol. The molecule has 0 aromatic rings. The molecule has 1 rings (SSSR count). The molecule has 1 atom stereocenters. The molecule has 0 bridgehead atoms. The van der Waals surface area contributed by atoms with Crippen LogP contribution in [-0.2, 0) is 4.65 Å². The molecule has 18 heavy (non-hydrogen) atoms. The number of nitrogens with zero attached hydrogens (tertiary/aromatic N) is 2. The number of azo groups is 1. The molecule has 0 spiro atoms. The molecule has 102 valence electrons. The Morgan fingerprint density at radius 1 is 1.17 bits per heavy atom. The highest BCUT2D eigenvalue weighted by atomic mass is 79.9. The number of alkyl halides is 6. The number of hydrogen-bond acceptors (Lipinski definition) is 5. The maximum Gasteiger partial charge on any atom is 0.636 e. The summed E-state index contributed by atoms with van der Waals surface area (Å²) >= 11 is 2.03. The van der Waals surface area contributed by atoms with Crippen molar-refractivity contribution in [3.63, 3.8) is 0 Å². The Balaban J connectivity index is 3.34. The third-order valence-electron chi connectivity index (χ3n) is 1.72. The quantitative estimate of drug-likeness (QED) is 0.594. The van der Waals surface area contributed by atoms with Gasteiger partial charge in [0.05, 0.1) is 4.48 Å². The molecule has 0 aliphatic carbocycles. The maximum atomic E-state index is 12.7. The van der Waals surface area contributed by atoms with Crippen molar-refractivity contribution < 1.29 is 41.0 Å². The van der Waals surface area contributed by atoms with E-state index in [9.17, 15) is 26.3 Å². The van der Waals surface area contributed by atoms with Crippen LogP contribution < -0.4 is 0 Å². The van der Waals surface area contributed by atoms with Gasteiger partial charge in [-0.2, -0.15) is 26.3 Å². The van der Waals surface area contributed by atoms with E-state index >= 15 is 0 Å². The fraction of sp³-hybridized carbons (Fsp3) is 0.600. The van der Waals surface area contributed by atoms with Crippen LogP contribution >= 0.6 is 15.9 Å². The van der Waals surface area contributed by atoms with Crippen LogP contribution in [0.15, 0.2) is 20.4 Å². The van der Waals surface area contributed by atoms with Gasteiger partial charge in [0.1, 0.15) is 0 Å². The van der Waals surface area contributed by atoms with Gasteiger partial charge in [0, 0.05) is 0 Å². The van der Waals surface area contributed by atoms with Gasteiger partial charge in [-0.15, -0.1) is 10.2 Å². The van der Waals surface area contributed by atoms with Gasteiger partial charge >= 0.3 is 25.4 Å². The average molecular weight is 343 g/mol. The summed E-state index contributed by atoms with van der Waals surface area (Å²) in [5.74, 6) is 0. The summed E-state index contributed by atoms with van der Waals surface area (Å²) in [5.41, 5.74) is -5.90. The predicted octanol–water partition coefficient (Wildman–Crippen LogP) is 1.87. The first kappa shape index (κ1) is 15.4. The fourth-order valence-electron chi connectivity index (χ4n) is 1.03. The van der Waals surface area contributed by atoms with E-state index in [0.717, 1.165) is 0 Å². The normalized spacial score (nSPS) is 24.9. The molecule has 5 nitrogen and oxygen atoms in total. The lowest BCUT2D eigenvalue weighted by Crippen LogP contribution is -2.49. The van der Waals surface area contributed by atoms with Crippen LogP contribution in [0.4, 0.5) is 26.3 Å². The van der Waals surface area contributed by atoms with Gasteiger partial charge in [-0.25, -0.2) is 0 Å². The Morgan fingerprint density at radius 3 is 1.94 bits per heavy atom. The SMILES string of the molecule is OB(O)OC1(C(F)(F)F)N=NC(C(F)(F)F)=C1Br. The summed E-state index contributed by atoms with van der Waals surface area (Å²) in [6, 6.07) is 0. The third kappa shape index (κ3) is 2.53. The zero-order valence-corrected chi connectivity index (χ0v) is 9.51. The molecule has 0 aromatic heterocycles. The highest BCUT2D eigenvalue weighted by Crippen LogP contribution is 2.51. The molecule has 1 heterocycles. The largest absolute Gasteiger partial charge is 0.636 e. The Hall–Kier alpha value is -0.655. The molecule has 0 aromatic carbocycles. The molecule has 2 N–H and O–H groups in total. The number of allylic oxidation sites excluding steroid dienone is 1. The second kappa shape index (κ2) is 4.47. The lowest BCUT2D eigenvalue weighted by molar-refractivity contribution is -0.235. The van der Waals surface area contributed by atoms with Crippen molar-refractivity contribution in [3.05, 3.63) is 10.2 Å². The first-order chi connectivity index (χ1) is 7.92. The first-order valence-corrected chi connectivity index (χ1v) is 4.72. The van der Waals surface area contributed by atoms with Crippen LogP contribution in [0.3, 0.4) is 0 Å². The van der Waals surface area contributed by atoms with Crippen molar-refractivity contribution in [2.24, 2.45) is 10.2 Å². The minimum Gasteiger partial charge on any atom is -0.402 e. The summed E-state index contributed by atoms with van der Waals surface area (Å²) in [5, 5.41) is 21.4. The standard InChI is InChI=1S/C5H2BBrF6N2O3/c7-1-2(4(8,9)10)14-15-3(1,5(11,12)13)18-6(16)17/h16-17H. The Kier molecular flexibility index (Phi) is 3.82. The molecular weight excluding hydrogens is 341 g/mol. The smallest absolute Gasteiger partial charge is 0.402 e. The minimum absolute atomic E-state index is 1.61. The lowest BCUT2D eigenvalue weighted by Gasteiger charge is -2.28. The van der Waals surface area contributed by atoms with Gasteiger partial charge < -0.3 is 14.7 Å². The number of hydrogen-bond donors (Lipinski definition) is 2. The van der Waals surface area contributed by atoms with Gasteiger partial charge in [0.25, 0.3) is 0 Å². The van der Waals surface area contributed by atoms with Crippen LogP contribution in [0.1, 0.15) is 0 Å². The minimum atomic E-state index is -5.48. The van der Waals surface area contributed by atoms with Crippen molar-refractivity contribution in [2.45, 2.75) is 18.1 Å². The molecule has 0 radical (unpaired) electrons. The monoisotopic (exact) mass is 342 g/mol. The number of rotatable bonds is 2. The van der Waals surface area contributed by atoms with E-state index in [2.05, 4.69) is 14.9 Å². The first-order valence-electron chi connectivity index (χ1n) is 3.93. The lowest BCUT2D eigenvalue weighted by atomic mass is 10.1. The fourth-order valence-corrected chi connectivity index (χ4v) is 1.73. The summed E-state index contributed by atoms with van der Waals surface area (Å²) in [6.07, 6.45) is -10.7. The summed E-state index contributed by atoms with van der Waals surface area (Å²) in [7, 11) is -2.99. The van der Waals surface area contributed by atoms with E-state index < -0.39 is 35.6 Å². The molecule has 0 fully saturated rings. The van der Waals surface area contributed by atoms with Crippen molar-refractivity contribution in [3.8, 4) is 0 Å². The maximum absolute atomic E-state index is 12.7. The molecule has 0 amide bonds. The van der Waals surface area contributed by atoms with E-state index in [1.807, 2.05) is 15.9 Å². The van der Waals surface area contributed by atoms with Crippen molar-refractivity contribution in [1.82, 2.24) is 0 Å². The average Bonchev–Trinajstić information content (AvgIpc) is 2.41. The molecule has 0 saturated carbocycles. The van der Waals surface area contributed by atoms with Crippen molar-refractivity contribution in [1.29, 1.82) is 0 Å². The highest BCUT2D eigenvalue weighted by Gasteiger charge is 2.66. The summed E-state index contributed by atoms with van der Waals surface area (Å²) in [4.78, 5) is 0. The van der Waals surface area contributed by atoms with Crippen molar-refractivity contribution in [2.75, 3.05) is 0 Å². The zero-order chi connectivity index (χ0) is 14.4. The molecular formula is C5H2BBrF6N2O3. The van der Waals surface area contributed by atoms with Gasteiger partial charge in [-0.1, -0.05) is 0 Å². The highest BCUT2D eigenvalue weighted by molar-refractivity contribution is 9.11. The van der Waals surface area contributed by atoms with Gasteiger partial charge in [-0.05, 0) is 15.9 Å². The number of halogens is 7. The van der Waals surface area contributed by atoms with E-state index in [1.54, 1.807) is 0 Å². The van der Waals surface area contributed by atoms with Crippen LogP contribution in [0, 0.1) is 0 Å². The third-order valence-corrected chi connectivity index (χ3v) is 2.64. The van der Waals surface area contributed by atoms with E-state index in [1.165, 1.54) is 0 Å². The van der Waals surface area contributed by atoms with Gasteiger partial charge in [0.2, 0.25) is 0 Å². The molecule has 1 aliphatic heterocycles. The van der Waals surface area contributed by atoms with Crippen LogP contribution in [0.2, 0.25) is 0 Å². The van der Waals surface area contributed by atoms with E-state index in [4.69, 9.17) is 10.0 Å². The van der Waals surface area contributed by atoms with Crippen molar-refractivity contribution >= 4 is 23.3 Å². The van der Waals surface area contributed by atoms with Gasteiger partial charge in [0.15, 0.2) is 5.70 Å². The van der Waals surface area contributed by atoms with Crippen LogP contribution in [0.5, 0.6) is 0 Å². The topological polar surface area (TPSA) is 74.4 Å². The second-order valence-electron chi connectivity index (χ2n) is 2.95. The summed E-state index contributed by atoms with van der Waals surface area (Å²) < 4.78 is 76.9. The second-order valence-corrected chi connectivity index (χ2v) is 3.74. The van der Waals surface area contributed by atoms with Crippen LogP contribution in [0.25, 0.3) is 0 Å². The Labute approximate surface area is 103 Å². The molecule has 13 heteroatoms. The zero-order valence-electron chi connectivity index (χ0n) is 7.92.